The van der Waals surface area contributed by atoms with Crippen LogP contribution in [-0.4, -0.2) is 5.11 Å². The Balaban J connectivity index is 2.86. The summed E-state index contributed by atoms with van der Waals surface area (Å²) >= 11 is 1.34. The molecule has 0 aliphatic carbocycles. The number of benzene rings is 1. The summed E-state index contributed by atoms with van der Waals surface area (Å²) in [6, 6.07) is 4.34. The van der Waals surface area contributed by atoms with Crippen LogP contribution < -0.4 is 0 Å². The lowest BCUT2D eigenvalue weighted by atomic mass is 10.2. The Morgan fingerprint density at radius 1 is 1.36 bits per heavy atom. The molecule has 1 N–H and O–H groups in total. The van der Waals surface area contributed by atoms with E-state index in [4.69, 9.17) is 0 Å². The highest BCUT2D eigenvalue weighted by Crippen LogP contribution is 2.30. The van der Waals surface area contributed by atoms with Gasteiger partial charge in [-0.2, -0.15) is 0 Å². The van der Waals surface area contributed by atoms with Crippen molar-refractivity contribution in [1.29, 1.82) is 0 Å². The summed E-state index contributed by atoms with van der Waals surface area (Å²) in [5, 5.41) is 11.5. The van der Waals surface area contributed by atoms with E-state index in [2.05, 4.69) is 0 Å². The van der Waals surface area contributed by atoms with Crippen molar-refractivity contribution >= 4 is 21.4 Å². The highest BCUT2D eigenvalue weighted by Gasteiger charge is 2.01. The van der Waals surface area contributed by atoms with E-state index in [1.54, 1.807) is 11.4 Å². The van der Waals surface area contributed by atoms with Crippen LogP contribution in [0.1, 0.15) is 0 Å². The molecule has 2 aromatic rings. The van der Waals surface area contributed by atoms with Crippen LogP contribution in [0, 0.1) is 5.82 Å². The van der Waals surface area contributed by atoms with Gasteiger partial charge in [0.2, 0.25) is 0 Å². The molecule has 1 aromatic carbocycles. The topological polar surface area (TPSA) is 20.2 Å². The van der Waals surface area contributed by atoms with E-state index >= 15 is 0 Å². The van der Waals surface area contributed by atoms with Crippen LogP contribution >= 0.6 is 11.3 Å². The van der Waals surface area contributed by atoms with Crippen molar-refractivity contribution in [3.63, 3.8) is 0 Å². The van der Waals surface area contributed by atoms with Gasteiger partial charge in [-0.05, 0) is 18.2 Å². The summed E-state index contributed by atoms with van der Waals surface area (Å²) < 4.78 is 13.4. The number of hydrogen-bond donors (Lipinski definition) is 1. The molecule has 2 rings (SSSR count). The molecule has 0 bridgehead atoms. The van der Waals surface area contributed by atoms with Crippen LogP contribution in [-0.2, 0) is 0 Å². The van der Waals surface area contributed by atoms with Crippen molar-refractivity contribution in [2.45, 2.75) is 0 Å². The molecule has 0 atom stereocenters. The molecule has 56 valence electrons. The third kappa shape index (κ3) is 0.973. The zero-order chi connectivity index (χ0) is 7.84. The van der Waals surface area contributed by atoms with Gasteiger partial charge in [-0.25, -0.2) is 4.39 Å². The van der Waals surface area contributed by atoms with E-state index in [0.29, 0.717) is 0 Å². The third-order valence-corrected chi connectivity index (χ3v) is 2.45. The van der Waals surface area contributed by atoms with Crippen molar-refractivity contribution in [2.75, 3.05) is 0 Å². The van der Waals surface area contributed by atoms with E-state index in [1.807, 2.05) is 0 Å². The van der Waals surface area contributed by atoms with Crippen LogP contribution in [0.4, 0.5) is 4.39 Å². The normalized spacial score (nSPS) is 10.6. The molecule has 0 aliphatic heterocycles. The minimum absolute atomic E-state index is 0.227. The Labute approximate surface area is 66.7 Å². The second-order valence-electron chi connectivity index (χ2n) is 2.26. The highest BCUT2D eigenvalue weighted by molar-refractivity contribution is 7.17. The smallest absolute Gasteiger partial charge is 0.134 e. The van der Waals surface area contributed by atoms with Gasteiger partial charge in [0.25, 0.3) is 0 Å². The summed E-state index contributed by atoms with van der Waals surface area (Å²) in [6.07, 6.45) is 0. The molecule has 0 spiro atoms. The molecule has 0 radical (unpaired) electrons. The average molecular weight is 168 g/mol. The lowest BCUT2D eigenvalue weighted by Crippen LogP contribution is -1.69. The first-order valence-corrected chi connectivity index (χ1v) is 4.01. The van der Waals surface area contributed by atoms with Crippen molar-refractivity contribution in [2.24, 2.45) is 0 Å². The summed E-state index contributed by atoms with van der Waals surface area (Å²) in [6.45, 7) is 0. The van der Waals surface area contributed by atoms with Crippen LogP contribution in [0.3, 0.4) is 0 Å². The molecule has 0 unspecified atom stereocenters. The van der Waals surface area contributed by atoms with Crippen molar-refractivity contribution in [1.82, 2.24) is 0 Å². The minimum Gasteiger partial charge on any atom is -0.506 e. The van der Waals surface area contributed by atoms with Gasteiger partial charge in [0.05, 0.1) is 0 Å². The fourth-order valence-corrected chi connectivity index (χ4v) is 1.83. The van der Waals surface area contributed by atoms with E-state index < -0.39 is 0 Å². The summed E-state index contributed by atoms with van der Waals surface area (Å²) in [7, 11) is 0. The fraction of sp³-hybridized carbons (Fsp3) is 0. The first-order chi connectivity index (χ1) is 5.27. The molecule has 0 aliphatic rings. The maximum Gasteiger partial charge on any atom is 0.134 e. The van der Waals surface area contributed by atoms with Crippen LogP contribution in [0.5, 0.6) is 5.75 Å². The predicted molar refractivity (Wildman–Crippen MR) is 43.4 cm³/mol. The molecule has 1 heterocycles. The van der Waals surface area contributed by atoms with Gasteiger partial charge < -0.3 is 5.11 Å². The molecule has 0 saturated carbocycles. The number of fused-ring (bicyclic) bond motifs is 1. The zero-order valence-electron chi connectivity index (χ0n) is 5.54. The molecule has 11 heavy (non-hydrogen) atoms. The third-order valence-electron chi connectivity index (χ3n) is 1.52. The molecule has 1 aromatic heterocycles. The van der Waals surface area contributed by atoms with E-state index in [9.17, 15) is 9.50 Å². The van der Waals surface area contributed by atoms with Gasteiger partial charge in [0.1, 0.15) is 11.6 Å². The monoisotopic (exact) mass is 168 g/mol. The van der Waals surface area contributed by atoms with Gasteiger partial charge in [0.15, 0.2) is 0 Å². The second-order valence-corrected chi connectivity index (χ2v) is 3.17. The van der Waals surface area contributed by atoms with Crippen molar-refractivity contribution in [3.8, 4) is 5.75 Å². The Morgan fingerprint density at radius 2 is 2.18 bits per heavy atom. The van der Waals surface area contributed by atoms with Crippen LogP contribution in [0.25, 0.3) is 10.1 Å². The number of halogens is 1. The molecule has 0 amide bonds. The molecule has 1 nitrogen and oxygen atoms in total. The molecule has 0 fully saturated rings. The standard InChI is InChI=1S/C8H5FOS/c9-5-1-2-6-7(10)4-11-8(6)3-5/h1-4,10H. The maximum atomic E-state index is 12.6. The number of rotatable bonds is 0. The number of hydrogen-bond acceptors (Lipinski definition) is 2. The largest absolute Gasteiger partial charge is 0.506 e. The lowest BCUT2D eigenvalue weighted by Gasteiger charge is -1.89. The van der Waals surface area contributed by atoms with Crippen molar-refractivity contribution < 1.29 is 9.50 Å². The predicted octanol–water partition coefficient (Wildman–Crippen LogP) is 2.75. The Bertz CT molecular complexity index is 394. The van der Waals surface area contributed by atoms with Crippen LogP contribution in [0.2, 0.25) is 0 Å². The lowest BCUT2D eigenvalue weighted by molar-refractivity contribution is 0.483. The SMILES string of the molecule is Oc1csc2cc(F)ccc12. The van der Waals surface area contributed by atoms with Crippen LogP contribution in [0.15, 0.2) is 23.6 Å². The quantitative estimate of drug-likeness (QED) is 0.641. The average Bonchev–Trinajstić information content (AvgIpc) is 2.32. The Kier molecular flexibility index (Phi) is 1.32. The molecule has 3 heteroatoms. The summed E-state index contributed by atoms with van der Waals surface area (Å²) in [5.74, 6) is -0.0376. The summed E-state index contributed by atoms with van der Waals surface area (Å²) in [4.78, 5) is 0. The molecule has 0 saturated heterocycles. The van der Waals surface area contributed by atoms with Gasteiger partial charge in [-0.3, -0.25) is 0 Å². The summed E-state index contributed by atoms with van der Waals surface area (Å²) in [5.41, 5.74) is 0. The van der Waals surface area contributed by atoms with Crippen molar-refractivity contribution in [3.05, 3.63) is 29.4 Å². The van der Waals surface area contributed by atoms with Gasteiger partial charge in [-0.1, -0.05) is 0 Å². The van der Waals surface area contributed by atoms with Gasteiger partial charge in [0, 0.05) is 15.5 Å². The fourth-order valence-electron chi connectivity index (χ4n) is 0.988. The molecular weight excluding hydrogens is 163 g/mol. The Morgan fingerprint density at radius 3 is 3.00 bits per heavy atom. The minimum atomic E-state index is -0.264. The van der Waals surface area contributed by atoms with Gasteiger partial charge in [-0.15, -0.1) is 11.3 Å². The number of aromatic hydroxyl groups is 1. The van der Waals surface area contributed by atoms with E-state index in [1.165, 1.54) is 23.5 Å². The second kappa shape index (κ2) is 2.20. The highest BCUT2D eigenvalue weighted by atomic mass is 32.1. The Hall–Kier alpha value is -1.09. The molecular formula is C8H5FOS. The van der Waals surface area contributed by atoms with E-state index in [-0.39, 0.29) is 11.6 Å². The van der Waals surface area contributed by atoms with Gasteiger partial charge >= 0.3 is 0 Å². The zero-order valence-corrected chi connectivity index (χ0v) is 6.36. The maximum absolute atomic E-state index is 12.6. The van der Waals surface area contributed by atoms with E-state index in [0.717, 1.165) is 10.1 Å². The first-order valence-electron chi connectivity index (χ1n) is 3.13. The first kappa shape index (κ1) is 6.61. The number of thiophene rings is 1.